The minimum Gasteiger partial charge on any atom is -0.430 e. The summed E-state index contributed by atoms with van der Waals surface area (Å²) in [5.74, 6) is -4.08. The van der Waals surface area contributed by atoms with Crippen LogP contribution in [0.3, 0.4) is 0 Å². The summed E-state index contributed by atoms with van der Waals surface area (Å²) in [6.45, 7) is 2.43. The van der Waals surface area contributed by atoms with Crippen molar-refractivity contribution in [1.82, 2.24) is 0 Å². The maximum Gasteiger partial charge on any atom is 0.424 e. The molecular formula is C22H29F5O2. The van der Waals surface area contributed by atoms with E-state index in [0.717, 1.165) is 18.8 Å². The van der Waals surface area contributed by atoms with Crippen LogP contribution in [-0.2, 0) is 4.74 Å². The monoisotopic (exact) mass is 420 g/mol. The Morgan fingerprint density at radius 2 is 1.59 bits per heavy atom. The van der Waals surface area contributed by atoms with Crippen molar-refractivity contribution in [2.75, 3.05) is 6.61 Å². The van der Waals surface area contributed by atoms with E-state index in [1.165, 1.54) is 32.1 Å². The highest BCUT2D eigenvalue weighted by Gasteiger charge is 2.46. The second-order valence-corrected chi connectivity index (χ2v) is 8.45. The largest absolute Gasteiger partial charge is 0.430 e. The maximum atomic E-state index is 14.4. The summed E-state index contributed by atoms with van der Waals surface area (Å²) in [5, 5.41) is 0. The third-order valence-corrected chi connectivity index (χ3v) is 6.42. The molecule has 2 atom stereocenters. The Bertz CT molecular complexity index is 642. The van der Waals surface area contributed by atoms with Gasteiger partial charge in [-0.05, 0) is 43.4 Å². The Balaban J connectivity index is 1.49. The van der Waals surface area contributed by atoms with Crippen molar-refractivity contribution in [2.45, 2.75) is 76.9 Å². The average Bonchev–Trinajstić information content (AvgIpc) is 2.70. The molecule has 7 heteroatoms. The first-order valence-corrected chi connectivity index (χ1v) is 10.6. The van der Waals surface area contributed by atoms with Crippen LogP contribution in [0.25, 0.3) is 0 Å². The van der Waals surface area contributed by atoms with Gasteiger partial charge in [0, 0.05) is 12.1 Å². The summed E-state index contributed by atoms with van der Waals surface area (Å²) in [7, 11) is 0. The quantitative estimate of drug-likeness (QED) is 0.354. The van der Waals surface area contributed by atoms with Gasteiger partial charge in [-0.15, -0.1) is 0 Å². The van der Waals surface area contributed by atoms with E-state index in [1.807, 2.05) is 0 Å². The van der Waals surface area contributed by atoms with Gasteiger partial charge in [0.2, 0.25) is 0 Å². The van der Waals surface area contributed by atoms with E-state index in [1.54, 1.807) is 0 Å². The van der Waals surface area contributed by atoms with Gasteiger partial charge < -0.3 is 9.47 Å². The minimum atomic E-state index is -3.75. The molecule has 1 saturated carbocycles. The first-order valence-electron chi connectivity index (χ1n) is 10.6. The zero-order valence-corrected chi connectivity index (χ0v) is 16.7. The lowest BCUT2D eigenvalue weighted by Gasteiger charge is -2.39. The van der Waals surface area contributed by atoms with E-state index >= 15 is 0 Å². The van der Waals surface area contributed by atoms with Crippen molar-refractivity contribution in [3.63, 3.8) is 0 Å². The normalized spacial score (nSPS) is 28.3. The number of hydrogen-bond acceptors (Lipinski definition) is 2. The minimum absolute atomic E-state index is 0.111. The van der Waals surface area contributed by atoms with Crippen LogP contribution in [0.4, 0.5) is 22.0 Å². The van der Waals surface area contributed by atoms with Gasteiger partial charge >= 0.3 is 6.11 Å². The highest BCUT2D eigenvalue weighted by molar-refractivity contribution is 5.25. The third kappa shape index (κ3) is 5.62. The lowest BCUT2D eigenvalue weighted by molar-refractivity contribution is -0.266. The molecule has 0 amide bonds. The van der Waals surface area contributed by atoms with E-state index in [0.29, 0.717) is 24.5 Å². The highest BCUT2D eigenvalue weighted by Crippen LogP contribution is 2.41. The van der Waals surface area contributed by atoms with Crippen LogP contribution < -0.4 is 4.74 Å². The first-order chi connectivity index (χ1) is 13.8. The average molecular weight is 420 g/mol. The fourth-order valence-corrected chi connectivity index (χ4v) is 4.66. The predicted molar refractivity (Wildman–Crippen MR) is 99.3 cm³/mol. The van der Waals surface area contributed by atoms with Crippen molar-refractivity contribution in [3.05, 3.63) is 29.6 Å². The summed E-state index contributed by atoms with van der Waals surface area (Å²) in [6, 6.07) is 0.823. The molecule has 1 aromatic carbocycles. The molecule has 1 aromatic rings. The molecule has 1 saturated heterocycles. The van der Waals surface area contributed by atoms with Gasteiger partial charge in [0.15, 0.2) is 23.6 Å². The van der Waals surface area contributed by atoms with Crippen LogP contribution in [0.2, 0.25) is 0 Å². The van der Waals surface area contributed by atoms with Crippen LogP contribution >= 0.6 is 0 Å². The fraction of sp³-hybridized carbons (Fsp3) is 0.727. The standard InChI is InChI=1S/C22H29F5O2/c1-2-3-4-14-5-7-15(8-6-14)16-9-10-20(28-13-16)22(26,27)29-17-11-18(23)21(25)19(24)12-17/h11-12,14-16,20H,2-10,13H2,1H3. The third-order valence-electron chi connectivity index (χ3n) is 6.42. The molecule has 1 heterocycles. The molecule has 0 N–H and O–H groups in total. The van der Waals surface area contributed by atoms with E-state index in [-0.39, 0.29) is 18.9 Å². The van der Waals surface area contributed by atoms with Gasteiger partial charge in [-0.25, -0.2) is 13.2 Å². The fourth-order valence-electron chi connectivity index (χ4n) is 4.66. The summed E-state index contributed by atoms with van der Waals surface area (Å²) in [4.78, 5) is 0. The highest BCUT2D eigenvalue weighted by atomic mass is 19.3. The van der Waals surface area contributed by atoms with E-state index in [9.17, 15) is 22.0 Å². The van der Waals surface area contributed by atoms with Crippen molar-refractivity contribution in [2.24, 2.45) is 17.8 Å². The number of hydrogen-bond donors (Lipinski definition) is 0. The summed E-state index contributed by atoms with van der Waals surface area (Å²) < 4.78 is 78.2. The lowest BCUT2D eigenvalue weighted by atomic mass is 9.73. The number of alkyl halides is 2. The van der Waals surface area contributed by atoms with E-state index < -0.39 is 35.4 Å². The van der Waals surface area contributed by atoms with Gasteiger partial charge in [0.1, 0.15) is 5.75 Å². The Hall–Kier alpha value is -1.37. The van der Waals surface area contributed by atoms with Crippen LogP contribution in [-0.4, -0.2) is 18.8 Å². The van der Waals surface area contributed by atoms with Crippen LogP contribution in [0, 0.1) is 35.2 Å². The number of rotatable bonds is 7. The summed E-state index contributed by atoms with van der Waals surface area (Å²) in [6.07, 6.45) is 3.88. The molecule has 0 radical (unpaired) electrons. The van der Waals surface area contributed by atoms with E-state index in [4.69, 9.17) is 4.74 Å². The molecule has 1 aliphatic heterocycles. The molecule has 2 nitrogen and oxygen atoms in total. The van der Waals surface area contributed by atoms with Crippen molar-refractivity contribution < 1.29 is 31.4 Å². The molecule has 1 aliphatic carbocycles. The van der Waals surface area contributed by atoms with Gasteiger partial charge in [-0.3, -0.25) is 0 Å². The van der Waals surface area contributed by atoms with Gasteiger partial charge in [-0.1, -0.05) is 39.0 Å². The van der Waals surface area contributed by atoms with Crippen molar-refractivity contribution in [1.29, 1.82) is 0 Å². The molecule has 2 aliphatic rings. The van der Waals surface area contributed by atoms with Gasteiger partial charge in [0.05, 0.1) is 6.61 Å². The van der Waals surface area contributed by atoms with Crippen LogP contribution in [0.5, 0.6) is 5.75 Å². The Morgan fingerprint density at radius 3 is 2.14 bits per heavy atom. The van der Waals surface area contributed by atoms with Crippen LogP contribution in [0.1, 0.15) is 64.7 Å². The topological polar surface area (TPSA) is 18.5 Å². The molecule has 2 fully saturated rings. The first kappa shape index (κ1) is 22.3. The Kier molecular flexibility index (Phi) is 7.41. The molecular weight excluding hydrogens is 391 g/mol. The molecule has 2 unspecified atom stereocenters. The maximum absolute atomic E-state index is 14.4. The molecule has 0 bridgehead atoms. The number of ether oxygens (including phenoxy) is 2. The number of halogens is 5. The van der Waals surface area contributed by atoms with Gasteiger partial charge in [-0.2, -0.15) is 8.78 Å². The van der Waals surface area contributed by atoms with Gasteiger partial charge in [0.25, 0.3) is 0 Å². The Labute approximate surface area is 168 Å². The molecule has 3 rings (SSSR count). The van der Waals surface area contributed by atoms with Crippen LogP contribution in [0.15, 0.2) is 12.1 Å². The number of benzene rings is 1. The van der Waals surface area contributed by atoms with E-state index in [2.05, 4.69) is 11.7 Å². The van der Waals surface area contributed by atoms with Crippen molar-refractivity contribution in [3.8, 4) is 5.75 Å². The smallest absolute Gasteiger partial charge is 0.424 e. The zero-order valence-electron chi connectivity index (χ0n) is 16.7. The Morgan fingerprint density at radius 1 is 0.966 bits per heavy atom. The molecule has 29 heavy (non-hydrogen) atoms. The summed E-state index contributed by atoms with van der Waals surface area (Å²) >= 11 is 0. The molecule has 0 aromatic heterocycles. The SMILES string of the molecule is CCCCC1CCC(C2CCC(C(F)(F)Oc3cc(F)c(F)c(F)c3)OC2)CC1. The zero-order chi connectivity index (χ0) is 21.0. The number of unbranched alkanes of at least 4 members (excludes halogenated alkanes) is 1. The predicted octanol–water partition coefficient (Wildman–Crippen LogP) is 6.87. The molecule has 164 valence electrons. The second-order valence-electron chi connectivity index (χ2n) is 8.45. The second kappa shape index (κ2) is 9.63. The summed E-state index contributed by atoms with van der Waals surface area (Å²) in [5.41, 5.74) is 0. The molecule has 0 spiro atoms. The van der Waals surface area contributed by atoms with Crippen molar-refractivity contribution >= 4 is 0 Å². The lowest BCUT2D eigenvalue weighted by Crippen LogP contribution is -2.45.